The number of carbonyl (C=O) groups excluding carboxylic acids is 1. The van der Waals surface area contributed by atoms with Crippen LogP contribution >= 0.6 is 11.3 Å². The van der Waals surface area contributed by atoms with Gasteiger partial charge in [-0.05, 0) is 55.2 Å². The Hall–Kier alpha value is -1.90. The summed E-state index contributed by atoms with van der Waals surface area (Å²) in [7, 11) is -1.95. The van der Waals surface area contributed by atoms with Crippen molar-refractivity contribution in [3.05, 3.63) is 41.3 Å². The van der Waals surface area contributed by atoms with Crippen LogP contribution in [-0.4, -0.2) is 38.8 Å². The van der Waals surface area contributed by atoms with Crippen molar-refractivity contribution in [2.45, 2.75) is 24.0 Å². The first-order valence-corrected chi connectivity index (χ1v) is 10.7. The van der Waals surface area contributed by atoms with Crippen molar-refractivity contribution >= 4 is 33.0 Å². The number of benzene rings is 1. The van der Waals surface area contributed by atoms with Gasteiger partial charge in [0.1, 0.15) is 9.96 Å². The highest BCUT2D eigenvalue weighted by Crippen LogP contribution is 2.29. The summed E-state index contributed by atoms with van der Waals surface area (Å²) >= 11 is 1.00. The lowest BCUT2D eigenvalue weighted by Gasteiger charge is -2.28. The Morgan fingerprint density at radius 3 is 2.42 bits per heavy atom. The summed E-state index contributed by atoms with van der Waals surface area (Å²) in [5.74, 6) is 0.924. The normalized spacial score (nSPS) is 16.4. The Morgan fingerprint density at radius 2 is 1.81 bits per heavy atom. The van der Waals surface area contributed by atoms with E-state index >= 15 is 0 Å². The highest BCUT2D eigenvalue weighted by molar-refractivity contribution is 7.91. The fourth-order valence-corrected chi connectivity index (χ4v) is 5.63. The summed E-state index contributed by atoms with van der Waals surface area (Å²) in [5, 5.41) is 2.77. The number of rotatable bonds is 5. The number of amides is 1. The molecule has 140 valence electrons. The minimum Gasteiger partial charge on any atom is -0.497 e. The summed E-state index contributed by atoms with van der Waals surface area (Å²) < 4.78 is 32.3. The van der Waals surface area contributed by atoms with Gasteiger partial charge in [0, 0.05) is 18.8 Å². The highest BCUT2D eigenvalue weighted by Gasteiger charge is 2.29. The molecule has 1 N–H and O–H groups in total. The third kappa shape index (κ3) is 4.08. The van der Waals surface area contributed by atoms with Gasteiger partial charge in [-0.2, -0.15) is 4.31 Å². The first-order valence-electron chi connectivity index (χ1n) is 8.45. The summed E-state index contributed by atoms with van der Waals surface area (Å²) in [6.07, 6.45) is 1.74. The Kier molecular flexibility index (Phi) is 5.64. The lowest BCUT2D eigenvalue weighted by molar-refractivity contribution is 0.103. The van der Waals surface area contributed by atoms with Crippen molar-refractivity contribution in [1.29, 1.82) is 0 Å². The number of hydrogen-bond acceptors (Lipinski definition) is 5. The van der Waals surface area contributed by atoms with Crippen molar-refractivity contribution in [1.82, 2.24) is 4.31 Å². The Bertz CT molecular complexity index is 867. The molecular formula is C18H22N2O4S2. The molecule has 1 aliphatic rings. The molecule has 0 radical (unpaired) electrons. The largest absolute Gasteiger partial charge is 0.497 e. The number of anilines is 1. The van der Waals surface area contributed by atoms with Gasteiger partial charge in [-0.3, -0.25) is 4.79 Å². The standard InChI is InChI=1S/C18H22N2O4S2/c1-13-9-11-20(12-10-13)26(22,23)17-8-7-16(25-17)18(21)19-14-3-5-15(24-2)6-4-14/h3-8,13H,9-12H2,1-2H3,(H,19,21). The molecule has 1 aromatic heterocycles. The van der Waals surface area contributed by atoms with E-state index in [1.807, 2.05) is 0 Å². The Labute approximate surface area is 157 Å². The number of carbonyl (C=O) groups is 1. The molecule has 1 amide bonds. The Balaban J connectivity index is 1.71. The average Bonchev–Trinajstić information content (AvgIpc) is 3.14. The van der Waals surface area contributed by atoms with E-state index in [-0.39, 0.29) is 10.1 Å². The predicted octanol–water partition coefficient (Wildman–Crippen LogP) is 3.43. The van der Waals surface area contributed by atoms with Gasteiger partial charge in [0.15, 0.2) is 0 Å². The second kappa shape index (κ2) is 7.77. The van der Waals surface area contributed by atoms with Crippen LogP contribution in [0.2, 0.25) is 0 Å². The van der Waals surface area contributed by atoms with Crippen molar-refractivity contribution < 1.29 is 17.9 Å². The van der Waals surface area contributed by atoms with E-state index in [0.29, 0.717) is 35.3 Å². The van der Waals surface area contributed by atoms with E-state index in [4.69, 9.17) is 4.74 Å². The van der Waals surface area contributed by atoms with Gasteiger partial charge in [-0.15, -0.1) is 11.3 Å². The van der Waals surface area contributed by atoms with Crippen LogP contribution in [0, 0.1) is 5.92 Å². The predicted molar refractivity (Wildman–Crippen MR) is 102 cm³/mol. The SMILES string of the molecule is COc1ccc(NC(=O)c2ccc(S(=O)(=O)N3CCC(C)CC3)s2)cc1. The molecule has 1 aliphatic heterocycles. The van der Waals surface area contributed by atoms with E-state index in [1.54, 1.807) is 37.4 Å². The van der Waals surface area contributed by atoms with Crippen LogP contribution in [0.5, 0.6) is 5.75 Å². The fraction of sp³-hybridized carbons (Fsp3) is 0.389. The Morgan fingerprint density at radius 1 is 1.15 bits per heavy atom. The van der Waals surface area contributed by atoms with Crippen LogP contribution in [0.3, 0.4) is 0 Å². The minimum absolute atomic E-state index is 0.215. The highest BCUT2D eigenvalue weighted by atomic mass is 32.2. The zero-order valence-corrected chi connectivity index (χ0v) is 16.4. The molecular weight excluding hydrogens is 372 g/mol. The summed E-state index contributed by atoms with van der Waals surface area (Å²) in [4.78, 5) is 12.8. The number of nitrogens with one attached hydrogen (secondary N) is 1. The van der Waals surface area contributed by atoms with Crippen molar-refractivity contribution in [3.63, 3.8) is 0 Å². The summed E-state index contributed by atoms with van der Waals surface area (Å²) in [5.41, 5.74) is 0.624. The fourth-order valence-electron chi connectivity index (χ4n) is 2.80. The molecule has 3 rings (SSSR count). The van der Waals surface area contributed by atoms with Crippen LogP contribution in [0.4, 0.5) is 5.69 Å². The molecule has 1 saturated heterocycles. The van der Waals surface area contributed by atoms with Crippen LogP contribution < -0.4 is 10.1 Å². The number of hydrogen-bond donors (Lipinski definition) is 1. The molecule has 0 unspecified atom stereocenters. The summed E-state index contributed by atoms with van der Waals surface area (Å²) in [6.45, 7) is 3.21. The third-order valence-electron chi connectivity index (χ3n) is 4.49. The molecule has 1 fully saturated rings. The van der Waals surface area contributed by atoms with Gasteiger partial charge in [0.2, 0.25) is 0 Å². The number of thiophene rings is 1. The monoisotopic (exact) mass is 394 g/mol. The average molecular weight is 395 g/mol. The molecule has 2 aromatic rings. The molecule has 6 nitrogen and oxygen atoms in total. The first kappa shape index (κ1) is 18.9. The maximum atomic E-state index is 12.7. The molecule has 1 aromatic carbocycles. The van der Waals surface area contributed by atoms with Crippen molar-refractivity contribution in [3.8, 4) is 5.75 Å². The number of methoxy groups -OCH3 is 1. The number of nitrogens with zero attached hydrogens (tertiary/aromatic N) is 1. The van der Waals surface area contributed by atoms with Gasteiger partial charge < -0.3 is 10.1 Å². The van der Waals surface area contributed by atoms with Crippen LogP contribution in [0.1, 0.15) is 29.4 Å². The second-order valence-corrected chi connectivity index (χ2v) is 9.64. The number of ether oxygens (including phenoxy) is 1. The van der Waals surface area contributed by atoms with Gasteiger partial charge in [-0.1, -0.05) is 6.92 Å². The van der Waals surface area contributed by atoms with E-state index in [2.05, 4.69) is 12.2 Å². The van der Waals surface area contributed by atoms with Crippen molar-refractivity contribution in [2.75, 3.05) is 25.5 Å². The van der Waals surface area contributed by atoms with Gasteiger partial charge >= 0.3 is 0 Å². The number of piperidine rings is 1. The quantitative estimate of drug-likeness (QED) is 0.843. The first-order chi connectivity index (χ1) is 12.4. The van der Waals surface area contributed by atoms with Crippen LogP contribution in [0.25, 0.3) is 0 Å². The second-order valence-electron chi connectivity index (χ2n) is 6.39. The van der Waals surface area contributed by atoms with E-state index in [1.165, 1.54) is 10.4 Å². The summed E-state index contributed by atoms with van der Waals surface area (Å²) in [6, 6.07) is 10.0. The van der Waals surface area contributed by atoms with Crippen molar-refractivity contribution in [2.24, 2.45) is 5.92 Å². The van der Waals surface area contributed by atoms with Gasteiger partial charge in [0.05, 0.1) is 12.0 Å². The molecule has 26 heavy (non-hydrogen) atoms. The molecule has 0 saturated carbocycles. The zero-order chi connectivity index (χ0) is 18.7. The molecule has 8 heteroatoms. The molecule has 0 spiro atoms. The van der Waals surface area contributed by atoms with E-state index in [9.17, 15) is 13.2 Å². The zero-order valence-electron chi connectivity index (χ0n) is 14.8. The van der Waals surface area contributed by atoms with Gasteiger partial charge in [0.25, 0.3) is 15.9 Å². The van der Waals surface area contributed by atoms with E-state index < -0.39 is 10.0 Å². The van der Waals surface area contributed by atoms with Crippen LogP contribution in [-0.2, 0) is 10.0 Å². The minimum atomic E-state index is -3.52. The maximum absolute atomic E-state index is 12.7. The molecule has 0 aliphatic carbocycles. The van der Waals surface area contributed by atoms with Gasteiger partial charge in [-0.25, -0.2) is 8.42 Å². The molecule has 2 heterocycles. The lowest BCUT2D eigenvalue weighted by Crippen LogP contribution is -2.37. The lowest BCUT2D eigenvalue weighted by atomic mass is 10.0. The number of sulfonamides is 1. The maximum Gasteiger partial charge on any atom is 0.265 e. The molecule has 0 atom stereocenters. The third-order valence-corrected chi connectivity index (χ3v) is 7.94. The molecule has 0 bridgehead atoms. The smallest absolute Gasteiger partial charge is 0.265 e. The van der Waals surface area contributed by atoms with E-state index in [0.717, 1.165) is 24.2 Å². The topological polar surface area (TPSA) is 75.7 Å². The van der Waals surface area contributed by atoms with Crippen LogP contribution in [0.15, 0.2) is 40.6 Å².